The maximum atomic E-state index is 6.02. The van der Waals surface area contributed by atoms with Crippen molar-refractivity contribution >= 4 is 0 Å². The van der Waals surface area contributed by atoms with E-state index in [0.717, 1.165) is 38.1 Å². The lowest BCUT2D eigenvalue weighted by Gasteiger charge is -2.37. The number of nitrogens with zero attached hydrogens (tertiary/aromatic N) is 1. The van der Waals surface area contributed by atoms with Crippen molar-refractivity contribution in [3.8, 4) is 0 Å². The lowest BCUT2D eigenvalue weighted by molar-refractivity contribution is -0.0551. The summed E-state index contributed by atoms with van der Waals surface area (Å²) in [5, 5.41) is 3.63. The van der Waals surface area contributed by atoms with Gasteiger partial charge in [0.1, 0.15) is 0 Å². The number of hydrogen-bond acceptors (Lipinski definition) is 3. The predicted octanol–water partition coefficient (Wildman–Crippen LogP) is 3.20. The van der Waals surface area contributed by atoms with Gasteiger partial charge in [0, 0.05) is 31.0 Å². The normalized spacial score (nSPS) is 16.0. The van der Waals surface area contributed by atoms with Crippen molar-refractivity contribution in [3.63, 3.8) is 0 Å². The molecule has 2 atom stereocenters. The van der Waals surface area contributed by atoms with Crippen LogP contribution < -0.4 is 5.32 Å². The molecule has 1 N–H and O–H groups in total. The van der Waals surface area contributed by atoms with Crippen molar-refractivity contribution in [2.75, 3.05) is 13.2 Å². The first-order valence-corrected chi connectivity index (χ1v) is 7.43. The molecule has 0 fully saturated rings. The summed E-state index contributed by atoms with van der Waals surface area (Å²) in [7, 11) is 0. The molecule has 0 saturated carbocycles. The van der Waals surface area contributed by atoms with Crippen LogP contribution in [0.1, 0.15) is 46.2 Å². The summed E-state index contributed by atoms with van der Waals surface area (Å²) in [6.07, 6.45) is 4.89. The third kappa shape index (κ3) is 4.92. The van der Waals surface area contributed by atoms with E-state index in [4.69, 9.17) is 4.74 Å². The van der Waals surface area contributed by atoms with Crippen LogP contribution in [-0.2, 0) is 11.2 Å². The molecule has 2 unspecified atom stereocenters. The van der Waals surface area contributed by atoms with Gasteiger partial charge in [-0.25, -0.2) is 0 Å². The number of ether oxygens (including phenoxy) is 1. The molecule has 108 valence electrons. The van der Waals surface area contributed by atoms with Gasteiger partial charge in [0.15, 0.2) is 0 Å². The second-order valence-corrected chi connectivity index (χ2v) is 5.13. The third-order valence-electron chi connectivity index (χ3n) is 3.69. The molecule has 1 aromatic heterocycles. The first-order valence-electron chi connectivity index (χ1n) is 7.43. The van der Waals surface area contributed by atoms with Gasteiger partial charge in [-0.15, -0.1) is 0 Å². The van der Waals surface area contributed by atoms with E-state index in [-0.39, 0.29) is 5.60 Å². The van der Waals surface area contributed by atoms with E-state index in [0.29, 0.717) is 6.04 Å². The minimum atomic E-state index is -0.137. The van der Waals surface area contributed by atoms with E-state index in [1.54, 1.807) is 0 Å². The monoisotopic (exact) mass is 264 g/mol. The zero-order valence-corrected chi connectivity index (χ0v) is 12.8. The summed E-state index contributed by atoms with van der Waals surface area (Å²) in [5.41, 5.74) is 0.983. The highest BCUT2D eigenvalue weighted by atomic mass is 16.5. The molecule has 1 rings (SSSR count). The van der Waals surface area contributed by atoms with E-state index < -0.39 is 0 Å². The first kappa shape index (κ1) is 16.1. The van der Waals surface area contributed by atoms with Crippen LogP contribution in [0.5, 0.6) is 0 Å². The summed E-state index contributed by atoms with van der Waals surface area (Å²) in [6.45, 7) is 10.4. The van der Waals surface area contributed by atoms with Crippen LogP contribution in [0.25, 0.3) is 0 Å². The van der Waals surface area contributed by atoms with Crippen molar-refractivity contribution in [1.82, 2.24) is 10.3 Å². The van der Waals surface area contributed by atoms with Gasteiger partial charge in [-0.3, -0.25) is 4.98 Å². The lowest BCUT2D eigenvalue weighted by atomic mass is 9.89. The molecule has 1 heterocycles. The molecule has 3 heteroatoms. The van der Waals surface area contributed by atoms with Crippen molar-refractivity contribution in [3.05, 3.63) is 30.1 Å². The summed E-state index contributed by atoms with van der Waals surface area (Å²) in [6, 6.07) is 6.39. The fourth-order valence-electron chi connectivity index (χ4n) is 2.33. The highest BCUT2D eigenvalue weighted by Gasteiger charge is 2.33. The molecule has 19 heavy (non-hydrogen) atoms. The molecule has 3 nitrogen and oxygen atoms in total. The Labute approximate surface area is 117 Å². The number of pyridine rings is 1. The Morgan fingerprint density at radius 2 is 2.11 bits per heavy atom. The van der Waals surface area contributed by atoms with Gasteiger partial charge in [0.25, 0.3) is 0 Å². The zero-order valence-electron chi connectivity index (χ0n) is 12.8. The molecule has 0 aliphatic heterocycles. The topological polar surface area (TPSA) is 34.2 Å². The summed E-state index contributed by atoms with van der Waals surface area (Å²) in [5.74, 6) is 0. The van der Waals surface area contributed by atoms with Gasteiger partial charge in [-0.05, 0) is 45.4 Å². The molecular formula is C16H28N2O. The molecule has 0 aliphatic rings. The second kappa shape index (κ2) is 8.28. The molecule has 0 spiro atoms. The van der Waals surface area contributed by atoms with Crippen molar-refractivity contribution in [2.24, 2.45) is 0 Å². The lowest BCUT2D eigenvalue weighted by Crippen LogP contribution is -2.52. The molecule has 0 amide bonds. The Balaban J connectivity index is 2.80. The Morgan fingerprint density at radius 3 is 2.63 bits per heavy atom. The highest BCUT2D eigenvalue weighted by molar-refractivity contribution is 5.07. The number of aromatic nitrogens is 1. The van der Waals surface area contributed by atoms with Crippen LogP contribution in [0.3, 0.4) is 0 Å². The SMILES string of the molecule is CCCNC(Cc1ccccn1)C(C)(CC)OCC. The largest absolute Gasteiger partial charge is 0.374 e. The number of rotatable bonds is 9. The average molecular weight is 264 g/mol. The third-order valence-corrected chi connectivity index (χ3v) is 3.69. The van der Waals surface area contributed by atoms with Crippen LogP contribution in [0, 0.1) is 0 Å². The molecule has 0 saturated heterocycles. The maximum absolute atomic E-state index is 6.02. The van der Waals surface area contributed by atoms with Gasteiger partial charge in [-0.1, -0.05) is 19.9 Å². The van der Waals surface area contributed by atoms with E-state index in [9.17, 15) is 0 Å². The van der Waals surface area contributed by atoms with E-state index in [1.165, 1.54) is 0 Å². The van der Waals surface area contributed by atoms with E-state index in [2.05, 4.69) is 44.1 Å². The fourth-order valence-corrected chi connectivity index (χ4v) is 2.33. The summed E-state index contributed by atoms with van der Waals surface area (Å²) in [4.78, 5) is 4.44. The molecule has 1 aromatic rings. The van der Waals surface area contributed by atoms with E-state index >= 15 is 0 Å². The van der Waals surface area contributed by atoms with Gasteiger partial charge in [0.2, 0.25) is 0 Å². The number of nitrogens with one attached hydrogen (secondary N) is 1. The molecule has 0 aromatic carbocycles. The maximum Gasteiger partial charge on any atom is 0.0807 e. The van der Waals surface area contributed by atoms with Crippen LogP contribution in [0.4, 0.5) is 0 Å². The van der Waals surface area contributed by atoms with Crippen LogP contribution >= 0.6 is 0 Å². The van der Waals surface area contributed by atoms with Gasteiger partial charge < -0.3 is 10.1 Å². The Morgan fingerprint density at radius 1 is 1.32 bits per heavy atom. The average Bonchev–Trinajstić information content (AvgIpc) is 2.44. The van der Waals surface area contributed by atoms with Crippen molar-refractivity contribution in [2.45, 2.75) is 58.6 Å². The number of hydrogen-bond donors (Lipinski definition) is 1. The first-order chi connectivity index (χ1) is 9.16. The zero-order chi connectivity index (χ0) is 14.1. The van der Waals surface area contributed by atoms with Crippen LogP contribution in [0.2, 0.25) is 0 Å². The minimum absolute atomic E-state index is 0.137. The Hall–Kier alpha value is -0.930. The highest BCUT2D eigenvalue weighted by Crippen LogP contribution is 2.23. The van der Waals surface area contributed by atoms with Crippen molar-refractivity contribution in [1.29, 1.82) is 0 Å². The second-order valence-electron chi connectivity index (χ2n) is 5.13. The minimum Gasteiger partial charge on any atom is -0.374 e. The van der Waals surface area contributed by atoms with Gasteiger partial charge in [-0.2, -0.15) is 0 Å². The van der Waals surface area contributed by atoms with Gasteiger partial charge in [0.05, 0.1) is 5.60 Å². The van der Waals surface area contributed by atoms with Crippen molar-refractivity contribution < 1.29 is 4.74 Å². The van der Waals surface area contributed by atoms with Crippen LogP contribution in [-0.4, -0.2) is 29.8 Å². The summed E-state index contributed by atoms with van der Waals surface area (Å²) >= 11 is 0. The molecule has 0 bridgehead atoms. The Kier molecular flexibility index (Phi) is 7.03. The quantitative estimate of drug-likeness (QED) is 0.743. The molecular weight excluding hydrogens is 236 g/mol. The smallest absolute Gasteiger partial charge is 0.0807 e. The molecule has 0 radical (unpaired) electrons. The van der Waals surface area contributed by atoms with Crippen LogP contribution in [0.15, 0.2) is 24.4 Å². The molecule has 0 aliphatic carbocycles. The van der Waals surface area contributed by atoms with E-state index in [1.807, 2.05) is 18.3 Å². The fraction of sp³-hybridized carbons (Fsp3) is 0.688. The summed E-state index contributed by atoms with van der Waals surface area (Å²) < 4.78 is 6.02. The predicted molar refractivity (Wildman–Crippen MR) is 80.3 cm³/mol. The standard InChI is InChI=1S/C16H28N2O/c1-5-11-18-15(16(4,6-2)19-7-3)13-14-10-8-9-12-17-14/h8-10,12,15,18H,5-7,11,13H2,1-4H3. The Bertz CT molecular complexity index is 342. The van der Waals surface area contributed by atoms with Gasteiger partial charge >= 0.3 is 0 Å².